The van der Waals surface area contributed by atoms with Crippen LogP contribution in [0.15, 0.2) is 48.8 Å². The minimum atomic E-state index is -0.162. The number of pyridine rings is 1. The summed E-state index contributed by atoms with van der Waals surface area (Å²) >= 11 is 5.82. The summed E-state index contributed by atoms with van der Waals surface area (Å²) in [5.74, 6) is -0.162. The van der Waals surface area contributed by atoms with E-state index in [2.05, 4.69) is 11.1 Å². The maximum absolute atomic E-state index is 9.19. The third kappa shape index (κ3) is 3.05. The molecule has 0 aliphatic heterocycles. The fourth-order valence-corrected chi connectivity index (χ4v) is 1.80. The maximum atomic E-state index is 9.19. The van der Waals surface area contributed by atoms with E-state index in [1.54, 1.807) is 12.4 Å². The zero-order chi connectivity index (χ0) is 12.1. The lowest BCUT2D eigenvalue weighted by molar-refractivity contribution is 0.842. The number of aromatic nitrogens is 1. The molecule has 0 amide bonds. The lowest BCUT2D eigenvalue weighted by Crippen LogP contribution is -2.00. The third-order valence-corrected chi connectivity index (χ3v) is 2.85. The Labute approximate surface area is 105 Å². The van der Waals surface area contributed by atoms with Gasteiger partial charge in [0, 0.05) is 17.4 Å². The van der Waals surface area contributed by atoms with Crippen molar-refractivity contribution in [3.05, 3.63) is 64.9 Å². The minimum absolute atomic E-state index is 0.162. The van der Waals surface area contributed by atoms with E-state index < -0.39 is 0 Å². The molecule has 1 heterocycles. The van der Waals surface area contributed by atoms with Crippen LogP contribution in [0.4, 0.5) is 0 Å². The first-order valence-electron chi connectivity index (χ1n) is 5.33. The highest BCUT2D eigenvalue weighted by Gasteiger charge is 2.11. The second-order valence-electron chi connectivity index (χ2n) is 3.80. The molecule has 1 aromatic carbocycles. The first kappa shape index (κ1) is 11.6. The van der Waals surface area contributed by atoms with Crippen molar-refractivity contribution in [2.24, 2.45) is 0 Å². The Morgan fingerprint density at radius 1 is 1.24 bits per heavy atom. The van der Waals surface area contributed by atoms with E-state index in [-0.39, 0.29) is 5.92 Å². The van der Waals surface area contributed by atoms with Crippen LogP contribution in [0.1, 0.15) is 17.0 Å². The second-order valence-corrected chi connectivity index (χ2v) is 4.24. The Balaban J connectivity index is 2.17. The second kappa shape index (κ2) is 5.47. The van der Waals surface area contributed by atoms with E-state index >= 15 is 0 Å². The van der Waals surface area contributed by atoms with E-state index in [1.807, 2.05) is 36.4 Å². The Bertz CT molecular complexity index is 514. The molecule has 2 aromatic rings. The summed E-state index contributed by atoms with van der Waals surface area (Å²) in [6.07, 6.45) is 4.13. The molecule has 0 saturated carbocycles. The Morgan fingerprint density at radius 2 is 2.00 bits per heavy atom. The highest BCUT2D eigenvalue weighted by atomic mass is 35.5. The molecule has 0 aliphatic rings. The molecule has 0 saturated heterocycles. The highest BCUT2D eigenvalue weighted by molar-refractivity contribution is 6.30. The van der Waals surface area contributed by atoms with Gasteiger partial charge in [-0.3, -0.25) is 4.98 Å². The first-order chi connectivity index (χ1) is 8.29. The standard InChI is InChI=1S/C14H11ClN2/c15-14-5-3-11(4-6-14)8-13(9-16)12-2-1-7-17-10-12/h1-7,10,13H,8H2. The molecular weight excluding hydrogens is 232 g/mol. The molecule has 1 unspecified atom stereocenters. The fourth-order valence-electron chi connectivity index (χ4n) is 1.68. The molecule has 1 aromatic heterocycles. The van der Waals surface area contributed by atoms with Crippen LogP contribution in [0.2, 0.25) is 5.02 Å². The monoisotopic (exact) mass is 242 g/mol. The zero-order valence-corrected chi connectivity index (χ0v) is 9.93. The van der Waals surface area contributed by atoms with Crippen molar-refractivity contribution >= 4 is 11.6 Å². The molecule has 2 nitrogen and oxygen atoms in total. The zero-order valence-electron chi connectivity index (χ0n) is 9.18. The first-order valence-corrected chi connectivity index (χ1v) is 5.71. The fraction of sp³-hybridized carbons (Fsp3) is 0.143. The van der Waals surface area contributed by atoms with Gasteiger partial charge in [0.05, 0.1) is 12.0 Å². The van der Waals surface area contributed by atoms with Crippen LogP contribution in [0, 0.1) is 11.3 Å². The van der Waals surface area contributed by atoms with Gasteiger partial charge in [-0.05, 0) is 35.7 Å². The van der Waals surface area contributed by atoms with E-state index in [4.69, 9.17) is 11.6 Å². The number of benzene rings is 1. The van der Waals surface area contributed by atoms with Crippen LogP contribution < -0.4 is 0 Å². The van der Waals surface area contributed by atoms with Crippen LogP contribution in [0.25, 0.3) is 0 Å². The topological polar surface area (TPSA) is 36.7 Å². The van der Waals surface area contributed by atoms with Crippen LogP contribution in [-0.4, -0.2) is 4.98 Å². The Hall–Kier alpha value is -1.85. The minimum Gasteiger partial charge on any atom is -0.264 e. The van der Waals surface area contributed by atoms with E-state index in [9.17, 15) is 5.26 Å². The molecule has 0 radical (unpaired) electrons. The molecule has 3 heteroatoms. The summed E-state index contributed by atoms with van der Waals surface area (Å²) in [6.45, 7) is 0. The smallest absolute Gasteiger partial charge is 0.0767 e. The van der Waals surface area contributed by atoms with E-state index in [1.165, 1.54) is 0 Å². The van der Waals surface area contributed by atoms with Gasteiger partial charge < -0.3 is 0 Å². The molecule has 17 heavy (non-hydrogen) atoms. The van der Waals surface area contributed by atoms with Crippen LogP contribution in [0.5, 0.6) is 0 Å². The van der Waals surface area contributed by atoms with Gasteiger partial charge in [-0.25, -0.2) is 0 Å². The van der Waals surface area contributed by atoms with Gasteiger partial charge in [0.2, 0.25) is 0 Å². The van der Waals surface area contributed by atoms with Crippen molar-refractivity contribution < 1.29 is 0 Å². The molecule has 2 rings (SSSR count). The van der Waals surface area contributed by atoms with Gasteiger partial charge in [-0.15, -0.1) is 0 Å². The predicted molar refractivity (Wildman–Crippen MR) is 67.7 cm³/mol. The number of hydrogen-bond acceptors (Lipinski definition) is 2. The third-order valence-electron chi connectivity index (χ3n) is 2.60. The highest BCUT2D eigenvalue weighted by Crippen LogP contribution is 2.20. The number of rotatable bonds is 3. The average molecular weight is 243 g/mol. The van der Waals surface area contributed by atoms with Crippen LogP contribution in [-0.2, 0) is 6.42 Å². The van der Waals surface area contributed by atoms with Crippen LogP contribution >= 0.6 is 11.6 Å². The molecule has 0 N–H and O–H groups in total. The van der Waals surface area contributed by atoms with Gasteiger partial charge >= 0.3 is 0 Å². The van der Waals surface area contributed by atoms with Gasteiger partial charge in [-0.2, -0.15) is 5.26 Å². The molecule has 0 aliphatic carbocycles. The van der Waals surface area contributed by atoms with Crippen LogP contribution in [0.3, 0.4) is 0 Å². The number of hydrogen-bond donors (Lipinski definition) is 0. The molecular formula is C14H11ClN2. The predicted octanol–water partition coefficient (Wildman–Crippen LogP) is 3.58. The summed E-state index contributed by atoms with van der Waals surface area (Å²) in [5.41, 5.74) is 2.05. The summed E-state index contributed by atoms with van der Waals surface area (Å²) in [5, 5.41) is 9.90. The maximum Gasteiger partial charge on any atom is 0.0767 e. The van der Waals surface area contributed by atoms with Crippen molar-refractivity contribution in [2.45, 2.75) is 12.3 Å². The SMILES string of the molecule is N#CC(Cc1ccc(Cl)cc1)c1cccnc1. The average Bonchev–Trinajstić information content (AvgIpc) is 2.39. The molecule has 0 bridgehead atoms. The molecule has 0 spiro atoms. The quantitative estimate of drug-likeness (QED) is 0.825. The Morgan fingerprint density at radius 3 is 2.59 bits per heavy atom. The van der Waals surface area contributed by atoms with Gasteiger partial charge in [0.25, 0.3) is 0 Å². The van der Waals surface area contributed by atoms with Crippen molar-refractivity contribution in [1.29, 1.82) is 5.26 Å². The molecule has 84 valence electrons. The summed E-state index contributed by atoms with van der Waals surface area (Å²) < 4.78 is 0. The van der Waals surface area contributed by atoms with Gasteiger partial charge in [0.15, 0.2) is 0 Å². The number of nitriles is 1. The number of halogens is 1. The summed E-state index contributed by atoms with van der Waals surface area (Å²) in [6, 6.07) is 13.7. The Kier molecular flexibility index (Phi) is 3.74. The lowest BCUT2D eigenvalue weighted by Gasteiger charge is -2.08. The van der Waals surface area contributed by atoms with Crippen molar-refractivity contribution in [3.8, 4) is 6.07 Å². The largest absolute Gasteiger partial charge is 0.264 e. The van der Waals surface area contributed by atoms with Gasteiger partial charge in [-0.1, -0.05) is 29.8 Å². The molecule has 1 atom stereocenters. The van der Waals surface area contributed by atoms with Crippen molar-refractivity contribution in [3.63, 3.8) is 0 Å². The van der Waals surface area contributed by atoms with E-state index in [0.29, 0.717) is 11.4 Å². The van der Waals surface area contributed by atoms with Crippen molar-refractivity contribution in [2.75, 3.05) is 0 Å². The summed E-state index contributed by atoms with van der Waals surface area (Å²) in [4.78, 5) is 4.04. The number of nitrogens with zero attached hydrogens (tertiary/aromatic N) is 2. The normalized spacial score (nSPS) is 11.8. The van der Waals surface area contributed by atoms with E-state index in [0.717, 1.165) is 11.1 Å². The van der Waals surface area contributed by atoms with Gasteiger partial charge in [0.1, 0.15) is 0 Å². The summed E-state index contributed by atoms with van der Waals surface area (Å²) in [7, 11) is 0. The molecule has 0 fully saturated rings. The lowest BCUT2D eigenvalue weighted by atomic mass is 9.94. The van der Waals surface area contributed by atoms with Crippen molar-refractivity contribution in [1.82, 2.24) is 4.98 Å².